The summed E-state index contributed by atoms with van der Waals surface area (Å²) >= 11 is 0. The van der Waals surface area contributed by atoms with E-state index >= 15 is 0 Å². The highest BCUT2D eigenvalue weighted by atomic mass is 35.5. The predicted octanol–water partition coefficient (Wildman–Crippen LogP) is 4.32. The maximum Gasteiger partial charge on any atom is 0.204 e. The highest BCUT2D eigenvalue weighted by molar-refractivity contribution is 5.86. The number of fused-ring (bicyclic) bond motifs is 1. The van der Waals surface area contributed by atoms with Crippen LogP contribution in [0.5, 0.6) is 5.75 Å². The first-order valence-corrected chi connectivity index (χ1v) is 10.4. The maximum absolute atomic E-state index is 10.3. The minimum Gasteiger partial charge on any atom is -0.506 e. The maximum atomic E-state index is 10.3. The Morgan fingerprint density at radius 2 is 1.73 bits per heavy atom. The number of halogens is 4. The SMILES string of the molecule is Cc1ccc(O)c(Cn2c(NC3CCN(CCN)CC3)nc3c(C)cccc32)n1.Cl.Cl.Cl.Cl. The number of aromatic hydroxyl groups is 1. The summed E-state index contributed by atoms with van der Waals surface area (Å²) in [5, 5.41) is 14.0. The predicted molar refractivity (Wildman–Crippen MR) is 145 cm³/mol. The van der Waals surface area contributed by atoms with E-state index in [1.165, 1.54) is 0 Å². The van der Waals surface area contributed by atoms with Crippen LogP contribution in [0.25, 0.3) is 11.0 Å². The van der Waals surface area contributed by atoms with Crippen molar-refractivity contribution in [3.05, 3.63) is 47.3 Å². The molecule has 0 aliphatic carbocycles. The number of benzene rings is 1. The van der Waals surface area contributed by atoms with Crippen LogP contribution in [-0.4, -0.2) is 56.8 Å². The number of nitrogens with one attached hydrogen (secondary N) is 1. The number of pyridine rings is 1. The summed E-state index contributed by atoms with van der Waals surface area (Å²) < 4.78 is 2.14. The van der Waals surface area contributed by atoms with E-state index in [9.17, 15) is 5.11 Å². The largest absolute Gasteiger partial charge is 0.506 e. The highest BCUT2D eigenvalue weighted by Gasteiger charge is 2.22. The zero-order valence-corrected chi connectivity index (χ0v) is 22.1. The van der Waals surface area contributed by atoms with E-state index in [0.29, 0.717) is 24.8 Å². The molecule has 186 valence electrons. The number of hydrogen-bond donors (Lipinski definition) is 3. The summed E-state index contributed by atoms with van der Waals surface area (Å²) in [5.41, 5.74) is 10.4. The Labute approximate surface area is 220 Å². The van der Waals surface area contributed by atoms with Crippen LogP contribution in [0, 0.1) is 13.8 Å². The van der Waals surface area contributed by atoms with Crippen molar-refractivity contribution in [3.8, 4) is 5.75 Å². The molecule has 33 heavy (non-hydrogen) atoms. The second-order valence-electron chi connectivity index (χ2n) is 7.93. The summed E-state index contributed by atoms with van der Waals surface area (Å²) in [7, 11) is 0. The number of piperidine rings is 1. The quantitative estimate of drug-likeness (QED) is 0.432. The molecule has 0 atom stereocenters. The molecule has 1 saturated heterocycles. The molecule has 4 rings (SSSR count). The summed E-state index contributed by atoms with van der Waals surface area (Å²) in [6.07, 6.45) is 2.13. The molecule has 0 radical (unpaired) electrons. The van der Waals surface area contributed by atoms with Gasteiger partial charge in [-0.1, -0.05) is 12.1 Å². The van der Waals surface area contributed by atoms with E-state index in [1.807, 2.05) is 13.0 Å². The number of likely N-dealkylation sites (tertiary alicyclic amines) is 1. The van der Waals surface area contributed by atoms with Crippen LogP contribution >= 0.6 is 49.6 Å². The van der Waals surface area contributed by atoms with Crippen LogP contribution < -0.4 is 11.1 Å². The average Bonchev–Trinajstić information content (AvgIpc) is 3.05. The van der Waals surface area contributed by atoms with E-state index in [1.54, 1.807) is 6.07 Å². The van der Waals surface area contributed by atoms with Gasteiger partial charge in [0, 0.05) is 37.9 Å². The Balaban J connectivity index is 0.00000256. The van der Waals surface area contributed by atoms with Gasteiger partial charge in [-0.05, 0) is 50.5 Å². The third-order valence-electron chi connectivity index (χ3n) is 5.74. The highest BCUT2D eigenvalue weighted by Crippen LogP contribution is 2.27. The lowest BCUT2D eigenvalue weighted by atomic mass is 10.1. The third kappa shape index (κ3) is 7.25. The molecule has 0 amide bonds. The van der Waals surface area contributed by atoms with Crippen LogP contribution in [0.2, 0.25) is 0 Å². The van der Waals surface area contributed by atoms with Gasteiger partial charge in [0.15, 0.2) is 0 Å². The molecule has 7 nitrogen and oxygen atoms in total. The first kappa shape index (κ1) is 31.5. The van der Waals surface area contributed by atoms with Gasteiger partial charge >= 0.3 is 0 Å². The standard InChI is InChI=1S/C22H30N6O.4ClH/c1-15-4-3-5-19-21(15)26-22(25-17-8-11-27(12-9-17)13-10-23)28(19)14-18-20(29)7-6-16(2)24-18;;;;/h3-7,17,29H,8-14,23H2,1-2H3,(H,25,26);4*1H. The summed E-state index contributed by atoms with van der Waals surface area (Å²) in [6.45, 7) is 8.26. The molecule has 1 aliphatic heterocycles. The van der Waals surface area contributed by atoms with Crippen LogP contribution in [-0.2, 0) is 6.54 Å². The van der Waals surface area contributed by atoms with E-state index in [4.69, 9.17) is 10.7 Å². The monoisotopic (exact) mass is 538 g/mol. The molecule has 1 aliphatic rings. The number of para-hydroxylation sites is 1. The van der Waals surface area contributed by atoms with Gasteiger partial charge in [-0.25, -0.2) is 4.98 Å². The number of hydrogen-bond acceptors (Lipinski definition) is 6. The molecule has 0 unspecified atom stereocenters. The van der Waals surface area contributed by atoms with Crippen molar-refractivity contribution in [2.75, 3.05) is 31.5 Å². The van der Waals surface area contributed by atoms with E-state index in [-0.39, 0.29) is 55.4 Å². The fraction of sp³-hybridized carbons (Fsp3) is 0.455. The van der Waals surface area contributed by atoms with Gasteiger partial charge in [-0.15, -0.1) is 49.6 Å². The van der Waals surface area contributed by atoms with E-state index in [0.717, 1.165) is 60.7 Å². The van der Waals surface area contributed by atoms with Gasteiger partial charge in [-0.2, -0.15) is 0 Å². The van der Waals surface area contributed by atoms with Gasteiger partial charge in [0.1, 0.15) is 11.4 Å². The van der Waals surface area contributed by atoms with Gasteiger partial charge in [0.2, 0.25) is 5.95 Å². The fourth-order valence-electron chi connectivity index (χ4n) is 4.09. The van der Waals surface area contributed by atoms with Crippen molar-refractivity contribution in [2.24, 2.45) is 5.73 Å². The number of nitrogens with two attached hydrogens (primary N) is 1. The van der Waals surface area contributed by atoms with Gasteiger partial charge in [0.25, 0.3) is 0 Å². The van der Waals surface area contributed by atoms with Gasteiger partial charge in [0.05, 0.1) is 17.6 Å². The molecular formula is C22H34Cl4N6O. The van der Waals surface area contributed by atoms with Crippen molar-refractivity contribution in [1.29, 1.82) is 0 Å². The second kappa shape index (κ2) is 14.0. The van der Waals surface area contributed by atoms with Crippen molar-refractivity contribution in [1.82, 2.24) is 19.4 Å². The molecule has 0 spiro atoms. The number of rotatable bonds is 6. The minimum atomic E-state index is 0. The molecule has 11 heteroatoms. The Kier molecular flexibility index (Phi) is 13.4. The fourth-order valence-corrected chi connectivity index (χ4v) is 4.09. The van der Waals surface area contributed by atoms with Crippen molar-refractivity contribution < 1.29 is 5.11 Å². The molecule has 3 heterocycles. The molecular weight excluding hydrogens is 506 g/mol. The van der Waals surface area contributed by atoms with Gasteiger partial charge < -0.3 is 25.6 Å². The number of imidazole rings is 1. The number of aromatic nitrogens is 3. The van der Waals surface area contributed by atoms with Crippen LogP contribution in [0.15, 0.2) is 30.3 Å². The van der Waals surface area contributed by atoms with Crippen LogP contribution in [0.1, 0.15) is 29.8 Å². The minimum absolute atomic E-state index is 0. The summed E-state index contributed by atoms with van der Waals surface area (Å²) in [6, 6.07) is 10.1. The van der Waals surface area contributed by atoms with E-state index < -0.39 is 0 Å². The van der Waals surface area contributed by atoms with Gasteiger partial charge in [-0.3, -0.25) is 4.98 Å². The molecule has 1 fully saturated rings. The number of aryl methyl sites for hydroxylation is 2. The third-order valence-corrected chi connectivity index (χ3v) is 5.74. The first-order valence-electron chi connectivity index (χ1n) is 10.4. The zero-order chi connectivity index (χ0) is 20.4. The summed E-state index contributed by atoms with van der Waals surface area (Å²) in [5.74, 6) is 1.06. The second-order valence-corrected chi connectivity index (χ2v) is 7.93. The van der Waals surface area contributed by atoms with E-state index in [2.05, 4.69) is 44.9 Å². The molecule has 0 bridgehead atoms. The zero-order valence-electron chi connectivity index (χ0n) is 18.9. The first-order chi connectivity index (χ1) is 14.0. The molecule has 0 saturated carbocycles. The number of anilines is 1. The smallest absolute Gasteiger partial charge is 0.204 e. The van der Waals surface area contributed by atoms with Crippen LogP contribution in [0.3, 0.4) is 0 Å². The average molecular weight is 540 g/mol. The number of nitrogens with zero attached hydrogens (tertiary/aromatic N) is 4. The lowest BCUT2D eigenvalue weighted by Gasteiger charge is -2.32. The Bertz CT molecular complexity index is 1010. The molecule has 2 aromatic heterocycles. The molecule has 3 aromatic rings. The van der Waals surface area contributed by atoms with Crippen molar-refractivity contribution in [2.45, 2.75) is 39.3 Å². The summed E-state index contributed by atoms with van der Waals surface area (Å²) in [4.78, 5) is 11.9. The molecule has 1 aromatic carbocycles. The van der Waals surface area contributed by atoms with Crippen molar-refractivity contribution in [3.63, 3.8) is 0 Å². The Morgan fingerprint density at radius 1 is 1.03 bits per heavy atom. The Morgan fingerprint density at radius 3 is 2.39 bits per heavy atom. The molecule has 4 N–H and O–H groups in total. The lowest BCUT2D eigenvalue weighted by Crippen LogP contribution is -2.41. The topological polar surface area (TPSA) is 92.2 Å². The normalized spacial score (nSPS) is 13.9. The lowest BCUT2D eigenvalue weighted by molar-refractivity contribution is 0.224. The Hall–Kier alpha value is -1.48. The van der Waals surface area contributed by atoms with Crippen molar-refractivity contribution >= 4 is 66.6 Å². The van der Waals surface area contributed by atoms with Crippen LogP contribution in [0.4, 0.5) is 5.95 Å².